The first-order valence-corrected chi connectivity index (χ1v) is 5.38. The number of anilines is 1. The SMILES string of the molecule is CC(CNC(=O)CNc1ccccc1)C(=O)O. The third-order valence-corrected chi connectivity index (χ3v) is 2.25. The maximum Gasteiger partial charge on any atom is 0.308 e. The Morgan fingerprint density at radius 1 is 1.29 bits per heavy atom. The first-order chi connectivity index (χ1) is 8.09. The highest BCUT2D eigenvalue weighted by molar-refractivity contribution is 5.81. The Morgan fingerprint density at radius 2 is 1.94 bits per heavy atom. The molecule has 0 aromatic heterocycles. The second-order valence-electron chi connectivity index (χ2n) is 3.76. The summed E-state index contributed by atoms with van der Waals surface area (Å²) in [6, 6.07) is 9.33. The summed E-state index contributed by atoms with van der Waals surface area (Å²) in [7, 11) is 0. The smallest absolute Gasteiger partial charge is 0.308 e. The minimum Gasteiger partial charge on any atom is -0.481 e. The van der Waals surface area contributed by atoms with Crippen molar-refractivity contribution in [2.45, 2.75) is 6.92 Å². The highest BCUT2D eigenvalue weighted by atomic mass is 16.4. The van der Waals surface area contributed by atoms with Gasteiger partial charge in [0.15, 0.2) is 0 Å². The van der Waals surface area contributed by atoms with Crippen molar-refractivity contribution in [1.82, 2.24) is 5.32 Å². The van der Waals surface area contributed by atoms with Crippen molar-refractivity contribution in [2.75, 3.05) is 18.4 Å². The molecule has 0 spiro atoms. The Hall–Kier alpha value is -2.04. The van der Waals surface area contributed by atoms with E-state index in [0.717, 1.165) is 5.69 Å². The van der Waals surface area contributed by atoms with Crippen LogP contribution in [0.25, 0.3) is 0 Å². The molecule has 1 aromatic rings. The van der Waals surface area contributed by atoms with E-state index in [1.807, 2.05) is 30.3 Å². The van der Waals surface area contributed by atoms with Gasteiger partial charge in [0.05, 0.1) is 12.5 Å². The fourth-order valence-electron chi connectivity index (χ4n) is 1.16. The van der Waals surface area contributed by atoms with E-state index in [-0.39, 0.29) is 19.0 Å². The molecule has 5 heteroatoms. The molecule has 3 N–H and O–H groups in total. The predicted octanol–water partition coefficient (Wildman–Crippen LogP) is 0.935. The first-order valence-electron chi connectivity index (χ1n) is 5.38. The maximum absolute atomic E-state index is 11.4. The van der Waals surface area contributed by atoms with Crippen molar-refractivity contribution in [1.29, 1.82) is 0 Å². The van der Waals surface area contributed by atoms with Crippen molar-refractivity contribution in [3.05, 3.63) is 30.3 Å². The average molecular weight is 236 g/mol. The zero-order valence-electron chi connectivity index (χ0n) is 9.64. The number of benzene rings is 1. The third kappa shape index (κ3) is 5.01. The van der Waals surface area contributed by atoms with E-state index >= 15 is 0 Å². The topological polar surface area (TPSA) is 78.4 Å². The number of carboxylic acid groups (broad SMARTS) is 1. The molecule has 0 aliphatic heterocycles. The van der Waals surface area contributed by atoms with E-state index in [9.17, 15) is 9.59 Å². The molecular formula is C12H16N2O3. The molecule has 92 valence electrons. The Balaban J connectivity index is 2.24. The first kappa shape index (κ1) is 13.0. The summed E-state index contributed by atoms with van der Waals surface area (Å²) in [6.45, 7) is 1.83. The molecule has 1 rings (SSSR count). The molecule has 1 atom stereocenters. The fourth-order valence-corrected chi connectivity index (χ4v) is 1.16. The van der Waals surface area contributed by atoms with Gasteiger partial charge < -0.3 is 15.7 Å². The number of carbonyl (C=O) groups excluding carboxylic acids is 1. The Labute approximate surface area is 99.8 Å². The molecule has 17 heavy (non-hydrogen) atoms. The standard InChI is InChI=1S/C12H16N2O3/c1-9(12(16)17)7-14-11(15)8-13-10-5-3-2-4-6-10/h2-6,9,13H,7-8H2,1H3,(H,14,15)(H,16,17). The largest absolute Gasteiger partial charge is 0.481 e. The number of hydrogen-bond acceptors (Lipinski definition) is 3. The normalized spacial score (nSPS) is 11.6. The van der Waals surface area contributed by atoms with Gasteiger partial charge in [-0.05, 0) is 12.1 Å². The van der Waals surface area contributed by atoms with Crippen LogP contribution in [0.3, 0.4) is 0 Å². The summed E-state index contributed by atoms with van der Waals surface area (Å²) in [4.78, 5) is 21.9. The lowest BCUT2D eigenvalue weighted by molar-refractivity contribution is -0.141. The molecule has 0 fully saturated rings. The highest BCUT2D eigenvalue weighted by Gasteiger charge is 2.11. The summed E-state index contributed by atoms with van der Waals surface area (Å²) in [6.07, 6.45) is 0. The Bertz CT molecular complexity index is 379. The van der Waals surface area contributed by atoms with Crippen molar-refractivity contribution in [2.24, 2.45) is 5.92 Å². The van der Waals surface area contributed by atoms with Crippen molar-refractivity contribution < 1.29 is 14.7 Å². The maximum atomic E-state index is 11.4. The van der Waals surface area contributed by atoms with Crippen LogP contribution >= 0.6 is 0 Å². The number of rotatable bonds is 6. The molecule has 0 bridgehead atoms. The number of para-hydroxylation sites is 1. The van der Waals surface area contributed by atoms with Gasteiger partial charge in [-0.1, -0.05) is 25.1 Å². The van der Waals surface area contributed by atoms with Gasteiger partial charge in [0.1, 0.15) is 0 Å². The van der Waals surface area contributed by atoms with Gasteiger partial charge in [-0.15, -0.1) is 0 Å². The van der Waals surface area contributed by atoms with E-state index in [2.05, 4.69) is 10.6 Å². The fraction of sp³-hybridized carbons (Fsp3) is 0.333. The molecule has 1 aromatic carbocycles. The van der Waals surface area contributed by atoms with Gasteiger partial charge in [-0.3, -0.25) is 9.59 Å². The van der Waals surface area contributed by atoms with E-state index in [0.29, 0.717) is 0 Å². The molecular weight excluding hydrogens is 220 g/mol. The van der Waals surface area contributed by atoms with Gasteiger partial charge >= 0.3 is 5.97 Å². The summed E-state index contributed by atoms with van der Waals surface area (Å²) in [5.74, 6) is -1.71. The predicted molar refractivity (Wildman–Crippen MR) is 64.7 cm³/mol. The summed E-state index contributed by atoms with van der Waals surface area (Å²) < 4.78 is 0. The van der Waals surface area contributed by atoms with E-state index in [1.165, 1.54) is 0 Å². The second kappa shape index (κ2) is 6.52. The number of amides is 1. The van der Waals surface area contributed by atoms with Gasteiger partial charge in [-0.25, -0.2) is 0 Å². The number of nitrogens with one attached hydrogen (secondary N) is 2. The van der Waals surface area contributed by atoms with E-state index < -0.39 is 11.9 Å². The number of hydrogen-bond donors (Lipinski definition) is 3. The van der Waals surface area contributed by atoms with Gasteiger partial charge in [0, 0.05) is 12.2 Å². The lowest BCUT2D eigenvalue weighted by Crippen LogP contribution is -2.35. The average Bonchev–Trinajstić information content (AvgIpc) is 2.34. The van der Waals surface area contributed by atoms with Crippen LogP contribution in [0.4, 0.5) is 5.69 Å². The lowest BCUT2D eigenvalue weighted by atomic mass is 10.2. The van der Waals surface area contributed by atoms with Crippen LogP contribution in [-0.2, 0) is 9.59 Å². The van der Waals surface area contributed by atoms with Gasteiger partial charge in [-0.2, -0.15) is 0 Å². The van der Waals surface area contributed by atoms with Crippen LogP contribution < -0.4 is 10.6 Å². The Kier molecular flexibility index (Phi) is 5.00. The van der Waals surface area contributed by atoms with Crippen LogP contribution in [0.1, 0.15) is 6.92 Å². The minimum atomic E-state index is -0.915. The molecule has 0 aliphatic rings. The van der Waals surface area contributed by atoms with Crippen molar-refractivity contribution >= 4 is 17.6 Å². The van der Waals surface area contributed by atoms with Crippen molar-refractivity contribution in [3.63, 3.8) is 0 Å². The van der Waals surface area contributed by atoms with Gasteiger partial charge in [0.2, 0.25) is 5.91 Å². The van der Waals surface area contributed by atoms with Crippen LogP contribution in [0.5, 0.6) is 0 Å². The van der Waals surface area contributed by atoms with E-state index in [1.54, 1.807) is 6.92 Å². The Morgan fingerprint density at radius 3 is 2.53 bits per heavy atom. The zero-order chi connectivity index (χ0) is 12.7. The summed E-state index contributed by atoms with van der Waals surface area (Å²) in [5.41, 5.74) is 0.855. The molecule has 0 radical (unpaired) electrons. The zero-order valence-corrected chi connectivity index (χ0v) is 9.64. The molecule has 1 unspecified atom stereocenters. The van der Waals surface area contributed by atoms with Crippen LogP contribution in [0.2, 0.25) is 0 Å². The number of carboxylic acids is 1. The molecule has 0 saturated carbocycles. The lowest BCUT2D eigenvalue weighted by Gasteiger charge is -2.09. The highest BCUT2D eigenvalue weighted by Crippen LogP contribution is 2.03. The van der Waals surface area contributed by atoms with E-state index in [4.69, 9.17) is 5.11 Å². The monoisotopic (exact) mass is 236 g/mol. The molecule has 1 amide bonds. The van der Waals surface area contributed by atoms with Gasteiger partial charge in [0.25, 0.3) is 0 Å². The quantitative estimate of drug-likeness (QED) is 0.686. The minimum absolute atomic E-state index is 0.135. The molecule has 0 aliphatic carbocycles. The second-order valence-corrected chi connectivity index (χ2v) is 3.76. The number of aliphatic carboxylic acids is 1. The third-order valence-electron chi connectivity index (χ3n) is 2.25. The molecule has 0 heterocycles. The van der Waals surface area contributed by atoms with Crippen LogP contribution in [-0.4, -0.2) is 30.1 Å². The molecule has 5 nitrogen and oxygen atoms in total. The van der Waals surface area contributed by atoms with Crippen LogP contribution in [0.15, 0.2) is 30.3 Å². The summed E-state index contributed by atoms with van der Waals surface area (Å²) >= 11 is 0. The van der Waals surface area contributed by atoms with Crippen molar-refractivity contribution in [3.8, 4) is 0 Å². The summed E-state index contributed by atoms with van der Waals surface area (Å²) in [5, 5.41) is 14.1. The van der Waals surface area contributed by atoms with Crippen LogP contribution in [0, 0.1) is 5.92 Å². The molecule has 0 saturated heterocycles. The number of carbonyl (C=O) groups is 2.